The highest BCUT2D eigenvalue weighted by Gasteiger charge is 2.22. The third kappa shape index (κ3) is 3.87. The van der Waals surface area contributed by atoms with Crippen molar-refractivity contribution in [1.29, 1.82) is 0 Å². The summed E-state index contributed by atoms with van der Waals surface area (Å²) in [5.41, 5.74) is 3.39. The highest BCUT2D eigenvalue weighted by Crippen LogP contribution is 2.27. The van der Waals surface area contributed by atoms with Gasteiger partial charge in [0.25, 0.3) is 5.69 Å². The Hall–Kier alpha value is -3.48. The van der Waals surface area contributed by atoms with Crippen molar-refractivity contribution in [2.45, 2.75) is 26.9 Å². The molecule has 0 aliphatic heterocycles. The maximum absolute atomic E-state index is 12.4. The summed E-state index contributed by atoms with van der Waals surface area (Å²) in [4.78, 5) is 23.1. The number of ether oxygens (including phenoxy) is 1. The SMILES string of the molecule is Cc1cc(C)n(-c2ccc(C(=O)OC(C)c3ccccc3[N+](=O)[O-])cc2)n1. The van der Waals surface area contributed by atoms with E-state index in [0.717, 1.165) is 17.1 Å². The van der Waals surface area contributed by atoms with E-state index in [4.69, 9.17) is 4.74 Å². The molecule has 0 saturated heterocycles. The van der Waals surface area contributed by atoms with Gasteiger partial charge in [-0.2, -0.15) is 5.10 Å². The molecule has 0 saturated carbocycles. The Bertz CT molecular complexity index is 993. The Kier molecular flexibility index (Phi) is 5.03. The Labute approximate surface area is 156 Å². The normalized spacial score (nSPS) is 11.8. The first-order chi connectivity index (χ1) is 12.9. The number of nitro groups is 1. The topological polar surface area (TPSA) is 87.3 Å². The standard InChI is InChI=1S/C20H19N3O4/c1-13-12-14(2)22(21-13)17-10-8-16(9-11-17)20(24)27-15(3)18-6-4-5-7-19(18)23(25)26/h4-12,15H,1-3H3. The molecule has 138 valence electrons. The molecule has 0 aliphatic carbocycles. The summed E-state index contributed by atoms with van der Waals surface area (Å²) >= 11 is 0. The predicted octanol–water partition coefficient (Wildman–Crippen LogP) is 4.32. The van der Waals surface area contributed by atoms with E-state index in [-0.39, 0.29) is 5.69 Å². The third-order valence-corrected chi connectivity index (χ3v) is 4.21. The molecule has 0 spiro atoms. The fourth-order valence-corrected chi connectivity index (χ4v) is 2.92. The van der Waals surface area contributed by atoms with Crippen molar-refractivity contribution < 1.29 is 14.5 Å². The minimum Gasteiger partial charge on any atom is -0.454 e. The lowest BCUT2D eigenvalue weighted by molar-refractivity contribution is -0.386. The number of aryl methyl sites for hydroxylation is 2. The summed E-state index contributed by atoms with van der Waals surface area (Å²) in [6.45, 7) is 5.49. The lowest BCUT2D eigenvalue weighted by atomic mass is 10.1. The van der Waals surface area contributed by atoms with E-state index in [1.165, 1.54) is 6.07 Å². The Morgan fingerprint density at radius 1 is 1.15 bits per heavy atom. The molecule has 7 nitrogen and oxygen atoms in total. The minimum atomic E-state index is -0.741. The Morgan fingerprint density at radius 3 is 2.41 bits per heavy atom. The van der Waals surface area contributed by atoms with Crippen molar-refractivity contribution >= 4 is 11.7 Å². The van der Waals surface area contributed by atoms with Crippen LogP contribution in [0.4, 0.5) is 5.69 Å². The van der Waals surface area contributed by atoms with Gasteiger partial charge in [0.1, 0.15) is 6.10 Å². The highest BCUT2D eigenvalue weighted by atomic mass is 16.6. The molecule has 0 radical (unpaired) electrons. The van der Waals surface area contributed by atoms with Crippen LogP contribution in [-0.2, 0) is 4.74 Å². The minimum absolute atomic E-state index is 0.0716. The molecule has 0 aliphatic rings. The number of benzene rings is 2. The molecular formula is C20H19N3O4. The van der Waals surface area contributed by atoms with Crippen molar-refractivity contribution in [2.24, 2.45) is 0 Å². The molecule has 27 heavy (non-hydrogen) atoms. The van der Waals surface area contributed by atoms with Gasteiger partial charge in [0, 0.05) is 11.8 Å². The smallest absolute Gasteiger partial charge is 0.338 e. The molecule has 1 unspecified atom stereocenters. The number of nitro benzene ring substituents is 1. The van der Waals surface area contributed by atoms with Crippen LogP contribution in [0.5, 0.6) is 0 Å². The van der Waals surface area contributed by atoms with E-state index in [1.54, 1.807) is 54.1 Å². The second-order valence-electron chi connectivity index (χ2n) is 6.25. The zero-order chi connectivity index (χ0) is 19.6. The molecule has 0 amide bonds. The van der Waals surface area contributed by atoms with Gasteiger partial charge in [-0.1, -0.05) is 12.1 Å². The van der Waals surface area contributed by atoms with Crippen molar-refractivity contribution in [3.63, 3.8) is 0 Å². The average molecular weight is 365 g/mol. The van der Waals surface area contributed by atoms with Crippen molar-refractivity contribution in [3.8, 4) is 5.69 Å². The van der Waals surface area contributed by atoms with Gasteiger partial charge < -0.3 is 4.74 Å². The summed E-state index contributed by atoms with van der Waals surface area (Å²) in [6, 6.07) is 15.1. The van der Waals surface area contributed by atoms with Crippen LogP contribution >= 0.6 is 0 Å². The number of carbonyl (C=O) groups excluding carboxylic acids is 1. The number of esters is 1. The number of carbonyl (C=O) groups is 1. The van der Waals surface area contributed by atoms with E-state index < -0.39 is 17.0 Å². The second-order valence-corrected chi connectivity index (χ2v) is 6.25. The molecule has 7 heteroatoms. The molecule has 0 bridgehead atoms. The molecule has 1 aromatic heterocycles. The summed E-state index contributed by atoms with van der Waals surface area (Å²) < 4.78 is 7.21. The van der Waals surface area contributed by atoms with Crippen LogP contribution in [0.3, 0.4) is 0 Å². The first kappa shape index (κ1) is 18.3. The summed E-state index contributed by atoms with van der Waals surface area (Å²) in [7, 11) is 0. The van der Waals surface area contributed by atoms with Crippen LogP contribution in [0, 0.1) is 24.0 Å². The third-order valence-electron chi connectivity index (χ3n) is 4.21. The molecule has 0 N–H and O–H groups in total. The number of hydrogen-bond donors (Lipinski definition) is 0. The maximum Gasteiger partial charge on any atom is 0.338 e. The van der Waals surface area contributed by atoms with Gasteiger partial charge in [-0.05, 0) is 57.2 Å². The Balaban J connectivity index is 1.77. The lowest BCUT2D eigenvalue weighted by Crippen LogP contribution is -2.11. The van der Waals surface area contributed by atoms with Crippen LogP contribution in [0.25, 0.3) is 5.69 Å². The maximum atomic E-state index is 12.4. The van der Waals surface area contributed by atoms with Crippen LogP contribution in [0.1, 0.15) is 40.3 Å². The lowest BCUT2D eigenvalue weighted by Gasteiger charge is -2.14. The summed E-state index contributed by atoms with van der Waals surface area (Å²) in [5, 5.41) is 15.5. The van der Waals surface area contributed by atoms with E-state index in [9.17, 15) is 14.9 Å². The number of rotatable bonds is 5. The van der Waals surface area contributed by atoms with Gasteiger partial charge in [-0.25, -0.2) is 9.48 Å². The molecule has 3 aromatic rings. The van der Waals surface area contributed by atoms with Crippen LogP contribution in [0.15, 0.2) is 54.6 Å². The zero-order valence-electron chi connectivity index (χ0n) is 15.2. The van der Waals surface area contributed by atoms with Gasteiger partial charge in [0.15, 0.2) is 0 Å². The molecule has 2 aromatic carbocycles. The van der Waals surface area contributed by atoms with Gasteiger partial charge in [-0.3, -0.25) is 10.1 Å². The first-order valence-corrected chi connectivity index (χ1v) is 8.45. The van der Waals surface area contributed by atoms with Crippen LogP contribution in [0.2, 0.25) is 0 Å². The van der Waals surface area contributed by atoms with E-state index in [2.05, 4.69) is 5.10 Å². The summed E-state index contributed by atoms with van der Waals surface area (Å²) in [5.74, 6) is -0.541. The molecule has 3 rings (SSSR count). The predicted molar refractivity (Wildman–Crippen MR) is 100.0 cm³/mol. The van der Waals surface area contributed by atoms with Gasteiger partial charge in [0.2, 0.25) is 0 Å². The van der Waals surface area contributed by atoms with E-state index in [1.807, 2.05) is 19.9 Å². The number of para-hydroxylation sites is 1. The zero-order valence-corrected chi connectivity index (χ0v) is 15.2. The van der Waals surface area contributed by atoms with Crippen LogP contribution in [-0.4, -0.2) is 20.7 Å². The highest BCUT2D eigenvalue weighted by molar-refractivity contribution is 5.89. The van der Waals surface area contributed by atoms with Crippen LogP contribution < -0.4 is 0 Å². The number of nitrogens with zero attached hydrogens (tertiary/aromatic N) is 3. The molecule has 1 heterocycles. The summed E-state index contributed by atoms with van der Waals surface area (Å²) in [6.07, 6.45) is -0.741. The van der Waals surface area contributed by atoms with Crippen molar-refractivity contribution in [1.82, 2.24) is 9.78 Å². The largest absolute Gasteiger partial charge is 0.454 e. The average Bonchev–Trinajstić information content (AvgIpc) is 2.99. The van der Waals surface area contributed by atoms with E-state index in [0.29, 0.717) is 11.1 Å². The van der Waals surface area contributed by atoms with Gasteiger partial charge in [0.05, 0.1) is 27.4 Å². The van der Waals surface area contributed by atoms with Gasteiger partial charge >= 0.3 is 5.97 Å². The quantitative estimate of drug-likeness (QED) is 0.382. The van der Waals surface area contributed by atoms with Crippen molar-refractivity contribution in [3.05, 3.63) is 87.2 Å². The van der Waals surface area contributed by atoms with Crippen molar-refractivity contribution in [2.75, 3.05) is 0 Å². The monoisotopic (exact) mass is 365 g/mol. The number of aromatic nitrogens is 2. The fraction of sp³-hybridized carbons (Fsp3) is 0.200. The molecular weight excluding hydrogens is 346 g/mol. The second kappa shape index (κ2) is 7.41. The molecule has 0 fully saturated rings. The first-order valence-electron chi connectivity index (χ1n) is 8.45. The number of hydrogen-bond acceptors (Lipinski definition) is 5. The van der Waals surface area contributed by atoms with Gasteiger partial charge in [-0.15, -0.1) is 0 Å². The van der Waals surface area contributed by atoms with E-state index >= 15 is 0 Å². The fourth-order valence-electron chi connectivity index (χ4n) is 2.92. The Morgan fingerprint density at radius 2 is 1.81 bits per heavy atom. The molecule has 1 atom stereocenters.